The number of carbonyl (C=O) groups is 1. The predicted octanol–water partition coefficient (Wildman–Crippen LogP) is 3.94. The summed E-state index contributed by atoms with van der Waals surface area (Å²) >= 11 is 3.29. The molecule has 0 N–H and O–H groups in total. The lowest BCUT2D eigenvalue weighted by Gasteiger charge is -2.22. The van der Waals surface area contributed by atoms with Gasteiger partial charge in [0.15, 0.2) is 0 Å². The van der Waals surface area contributed by atoms with Gasteiger partial charge in [-0.15, -0.1) is 0 Å². The fraction of sp³-hybridized carbons (Fsp3) is 0.316. The van der Waals surface area contributed by atoms with Gasteiger partial charge in [-0.25, -0.2) is 4.39 Å². The van der Waals surface area contributed by atoms with Crippen molar-refractivity contribution in [3.63, 3.8) is 0 Å². The van der Waals surface area contributed by atoms with Gasteiger partial charge in [0.25, 0.3) is 5.91 Å². The molecule has 0 aromatic heterocycles. The molecule has 0 spiro atoms. The van der Waals surface area contributed by atoms with Crippen molar-refractivity contribution < 1.29 is 9.18 Å². The van der Waals surface area contributed by atoms with E-state index in [2.05, 4.69) is 45.1 Å². The van der Waals surface area contributed by atoms with E-state index in [0.29, 0.717) is 16.6 Å². The zero-order valence-electron chi connectivity index (χ0n) is 13.4. The Labute approximate surface area is 150 Å². The van der Waals surface area contributed by atoms with Crippen molar-refractivity contribution in [2.75, 3.05) is 26.2 Å². The van der Waals surface area contributed by atoms with E-state index < -0.39 is 0 Å². The van der Waals surface area contributed by atoms with Gasteiger partial charge < -0.3 is 4.90 Å². The summed E-state index contributed by atoms with van der Waals surface area (Å²) in [6.45, 7) is 4.15. The summed E-state index contributed by atoms with van der Waals surface area (Å²) < 4.78 is 13.7. The molecule has 1 aliphatic rings. The topological polar surface area (TPSA) is 23.6 Å². The monoisotopic (exact) mass is 390 g/mol. The summed E-state index contributed by atoms with van der Waals surface area (Å²) in [5.41, 5.74) is 1.81. The molecule has 2 aromatic rings. The molecule has 1 aliphatic heterocycles. The second-order valence-electron chi connectivity index (χ2n) is 6.03. The Morgan fingerprint density at radius 1 is 1.04 bits per heavy atom. The van der Waals surface area contributed by atoms with Crippen LogP contribution in [0.3, 0.4) is 0 Å². The molecule has 0 bridgehead atoms. The number of halogens is 2. The molecule has 2 aromatic carbocycles. The van der Waals surface area contributed by atoms with E-state index >= 15 is 0 Å². The third-order valence-electron chi connectivity index (χ3n) is 4.29. The van der Waals surface area contributed by atoms with Crippen LogP contribution in [-0.2, 0) is 6.54 Å². The summed E-state index contributed by atoms with van der Waals surface area (Å²) in [4.78, 5) is 16.9. The van der Waals surface area contributed by atoms with Gasteiger partial charge in [0, 0.05) is 37.2 Å². The van der Waals surface area contributed by atoms with Crippen molar-refractivity contribution in [2.24, 2.45) is 0 Å². The minimum atomic E-state index is -0.344. The molecular formula is C19H20BrFN2O. The van der Waals surface area contributed by atoms with Crippen LogP contribution in [0.15, 0.2) is 53.0 Å². The quantitative estimate of drug-likeness (QED) is 0.792. The summed E-state index contributed by atoms with van der Waals surface area (Å²) in [6, 6.07) is 14.6. The molecule has 1 fully saturated rings. The van der Waals surface area contributed by atoms with Crippen LogP contribution in [0.4, 0.5) is 4.39 Å². The molecule has 126 valence electrons. The summed E-state index contributed by atoms with van der Waals surface area (Å²) in [5.74, 6) is -0.383. The highest BCUT2D eigenvalue weighted by atomic mass is 79.9. The molecule has 1 saturated heterocycles. The maximum absolute atomic E-state index is 13.2. The van der Waals surface area contributed by atoms with Crippen molar-refractivity contribution in [1.82, 2.24) is 9.80 Å². The minimum absolute atomic E-state index is 0.0385. The second-order valence-corrected chi connectivity index (χ2v) is 6.89. The number of amides is 1. The number of nitrogens with zero attached hydrogens (tertiary/aromatic N) is 2. The molecule has 5 heteroatoms. The first-order chi connectivity index (χ1) is 11.6. The van der Waals surface area contributed by atoms with Crippen LogP contribution in [-0.4, -0.2) is 41.9 Å². The van der Waals surface area contributed by atoms with E-state index in [1.54, 1.807) is 6.07 Å². The number of carbonyl (C=O) groups excluding carboxylic acids is 1. The van der Waals surface area contributed by atoms with Crippen LogP contribution in [0.25, 0.3) is 0 Å². The normalized spacial score (nSPS) is 16.0. The Kier molecular flexibility index (Phi) is 5.63. The summed E-state index contributed by atoms with van der Waals surface area (Å²) in [7, 11) is 0. The van der Waals surface area contributed by atoms with E-state index in [9.17, 15) is 9.18 Å². The Morgan fingerprint density at radius 2 is 1.83 bits per heavy atom. The number of hydrogen-bond donors (Lipinski definition) is 0. The first-order valence-electron chi connectivity index (χ1n) is 8.14. The van der Waals surface area contributed by atoms with Crippen LogP contribution in [0.1, 0.15) is 22.3 Å². The Balaban J connectivity index is 1.63. The molecule has 0 unspecified atom stereocenters. The molecule has 0 radical (unpaired) electrons. The van der Waals surface area contributed by atoms with Crippen LogP contribution in [0.2, 0.25) is 0 Å². The average Bonchev–Trinajstić information content (AvgIpc) is 2.81. The number of rotatable bonds is 3. The van der Waals surface area contributed by atoms with Crippen LogP contribution in [0, 0.1) is 5.82 Å². The Morgan fingerprint density at radius 3 is 2.58 bits per heavy atom. The fourth-order valence-electron chi connectivity index (χ4n) is 3.01. The highest BCUT2D eigenvalue weighted by molar-refractivity contribution is 9.10. The van der Waals surface area contributed by atoms with E-state index in [1.165, 1.54) is 17.7 Å². The van der Waals surface area contributed by atoms with Crippen molar-refractivity contribution in [1.29, 1.82) is 0 Å². The van der Waals surface area contributed by atoms with E-state index in [0.717, 1.165) is 32.6 Å². The highest BCUT2D eigenvalue weighted by Crippen LogP contribution is 2.20. The van der Waals surface area contributed by atoms with Gasteiger partial charge in [-0.05, 0) is 46.1 Å². The molecule has 0 saturated carbocycles. The van der Waals surface area contributed by atoms with Crippen molar-refractivity contribution in [3.05, 3.63) is 69.9 Å². The standard InChI is InChI=1S/C19H20BrFN2O/c20-18-13-16(21)7-8-17(18)19(24)23-10-4-9-22(11-12-23)14-15-5-2-1-3-6-15/h1-3,5-8,13H,4,9-12,14H2. The molecule has 24 heavy (non-hydrogen) atoms. The van der Waals surface area contributed by atoms with E-state index in [-0.39, 0.29) is 11.7 Å². The lowest BCUT2D eigenvalue weighted by Crippen LogP contribution is -2.35. The first-order valence-corrected chi connectivity index (χ1v) is 8.93. The zero-order valence-corrected chi connectivity index (χ0v) is 15.0. The number of benzene rings is 2. The third-order valence-corrected chi connectivity index (χ3v) is 4.94. The minimum Gasteiger partial charge on any atom is -0.337 e. The SMILES string of the molecule is O=C(c1ccc(F)cc1Br)N1CCCN(Cc2ccccc2)CC1. The van der Waals surface area contributed by atoms with Crippen LogP contribution >= 0.6 is 15.9 Å². The van der Waals surface area contributed by atoms with Gasteiger partial charge >= 0.3 is 0 Å². The van der Waals surface area contributed by atoms with E-state index in [4.69, 9.17) is 0 Å². The van der Waals surface area contributed by atoms with Gasteiger partial charge in [-0.2, -0.15) is 0 Å². The lowest BCUT2D eigenvalue weighted by molar-refractivity contribution is 0.0760. The molecule has 3 rings (SSSR count). The Bertz CT molecular complexity index is 708. The van der Waals surface area contributed by atoms with Gasteiger partial charge in [-0.1, -0.05) is 30.3 Å². The molecule has 1 heterocycles. The molecular weight excluding hydrogens is 371 g/mol. The van der Waals surface area contributed by atoms with E-state index in [1.807, 2.05) is 11.0 Å². The second kappa shape index (κ2) is 7.90. The smallest absolute Gasteiger partial charge is 0.255 e. The molecule has 3 nitrogen and oxygen atoms in total. The maximum Gasteiger partial charge on any atom is 0.255 e. The molecule has 0 atom stereocenters. The molecule has 0 aliphatic carbocycles. The average molecular weight is 391 g/mol. The van der Waals surface area contributed by atoms with Gasteiger partial charge in [0.2, 0.25) is 0 Å². The van der Waals surface area contributed by atoms with Crippen molar-refractivity contribution >= 4 is 21.8 Å². The predicted molar refractivity (Wildman–Crippen MR) is 96.3 cm³/mol. The van der Waals surface area contributed by atoms with Crippen LogP contribution < -0.4 is 0 Å². The first kappa shape index (κ1) is 17.1. The zero-order chi connectivity index (χ0) is 16.9. The van der Waals surface area contributed by atoms with Gasteiger partial charge in [0.05, 0.1) is 5.56 Å². The van der Waals surface area contributed by atoms with Gasteiger partial charge in [0.1, 0.15) is 5.82 Å². The number of hydrogen-bond acceptors (Lipinski definition) is 2. The largest absolute Gasteiger partial charge is 0.337 e. The van der Waals surface area contributed by atoms with Crippen molar-refractivity contribution in [2.45, 2.75) is 13.0 Å². The maximum atomic E-state index is 13.2. The summed E-state index contributed by atoms with van der Waals surface area (Å²) in [5, 5.41) is 0. The lowest BCUT2D eigenvalue weighted by atomic mass is 10.2. The summed E-state index contributed by atoms with van der Waals surface area (Å²) in [6.07, 6.45) is 0.942. The fourth-order valence-corrected chi connectivity index (χ4v) is 3.53. The highest BCUT2D eigenvalue weighted by Gasteiger charge is 2.22. The third kappa shape index (κ3) is 4.22. The molecule has 1 amide bonds. The van der Waals surface area contributed by atoms with Crippen LogP contribution in [0.5, 0.6) is 0 Å². The Hall–Kier alpha value is -1.72. The van der Waals surface area contributed by atoms with Crippen molar-refractivity contribution in [3.8, 4) is 0 Å². The van der Waals surface area contributed by atoms with Gasteiger partial charge in [-0.3, -0.25) is 9.69 Å².